The molecule has 0 atom stereocenters. The second-order valence-corrected chi connectivity index (χ2v) is 13.7. The van der Waals surface area contributed by atoms with E-state index in [0.29, 0.717) is 5.95 Å². The molecule has 3 aromatic carbocycles. The fourth-order valence-corrected chi connectivity index (χ4v) is 8.79. The van der Waals surface area contributed by atoms with Gasteiger partial charge in [0, 0.05) is 28.7 Å². The molecule has 0 amide bonds. The molecule has 162 valence electrons. The van der Waals surface area contributed by atoms with Crippen LogP contribution in [0.25, 0.3) is 50.3 Å². The Kier molecular flexibility index (Phi) is 3.96. The predicted molar refractivity (Wildman–Crippen MR) is 142 cm³/mol. The fraction of sp³-hybridized carbons (Fsp3) is 0.0690. The van der Waals surface area contributed by atoms with Gasteiger partial charge >= 0.3 is 0 Å². The van der Waals surface area contributed by atoms with E-state index >= 15 is 0 Å². The van der Waals surface area contributed by atoms with Crippen LogP contribution < -0.4 is 10.4 Å². The smallest absolute Gasteiger partial charge is 0.235 e. The van der Waals surface area contributed by atoms with Crippen LogP contribution in [0, 0.1) is 0 Å². The molecule has 4 nitrogen and oxygen atoms in total. The molecule has 1 aliphatic heterocycles. The Morgan fingerprint density at radius 2 is 1.24 bits per heavy atom. The maximum Gasteiger partial charge on any atom is 0.235 e. The quantitative estimate of drug-likeness (QED) is 0.327. The van der Waals surface area contributed by atoms with Gasteiger partial charge in [0.25, 0.3) is 0 Å². The highest BCUT2D eigenvalue weighted by molar-refractivity contribution is 7.04. The summed E-state index contributed by atoms with van der Waals surface area (Å²) >= 11 is 0. The number of benzene rings is 3. The summed E-state index contributed by atoms with van der Waals surface area (Å²) in [7, 11) is -1.98. The van der Waals surface area contributed by atoms with Crippen molar-refractivity contribution in [3.05, 3.63) is 97.3 Å². The Morgan fingerprint density at radius 3 is 1.94 bits per heavy atom. The first-order chi connectivity index (χ1) is 16.6. The summed E-state index contributed by atoms with van der Waals surface area (Å²) in [6.07, 6.45) is 3.70. The number of hydrogen-bond acceptors (Lipinski definition) is 3. The molecule has 6 aromatic rings. The number of aromatic nitrogens is 4. The van der Waals surface area contributed by atoms with E-state index < -0.39 is 8.07 Å². The van der Waals surface area contributed by atoms with Crippen LogP contribution in [0.4, 0.5) is 0 Å². The van der Waals surface area contributed by atoms with E-state index in [4.69, 9.17) is 9.97 Å². The fourth-order valence-electron chi connectivity index (χ4n) is 5.56. The van der Waals surface area contributed by atoms with E-state index in [1.807, 2.05) is 12.4 Å². The molecule has 3 aromatic heterocycles. The first-order valence-electron chi connectivity index (χ1n) is 11.6. The minimum absolute atomic E-state index is 0.712. The number of hydrogen-bond donors (Lipinski definition) is 0. The summed E-state index contributed by atoms with van der Waals surface area (Å²) in [6.45, 7) is 4.82. The van der Waals surface area contributed by atoms with E-state index in [-0.39, 0.29) is 0 Å². The zero-order valence-electron chi connectivity index (χ0n) is 19.0. The molecule has 0 radical (unpaired) electrons. The molecule has 34 heavy (non-hydrogen) atoms. The minimum Gasteiger partial charge on any atom is -0.278 e. The van der Waals surface area contributed by atoms with Crippen molar-refractivity contribution in [1.82, 2.24) is 19.5 Å². The zero-order valence-corrected chi connectivity index (χ0v) is 20.0. The van der Waals surface area contributed by atoms with Gasteiger partial charge in [0.15, 0.2) is 0 Å². The van der Waals surface area contributed by atoms with Gasteiger partial charge in [0.1, 0.15) is 8.07 Å². The van der Waals surface area contributed by atoms with Crippen molar-refractivity contribution in [3.63, 3.8) is 0 Å². The van der Waals surface area contributed by atoms with Crippen molar-refractivity contribution >= 4 is 40.3 Å². The average molecular weight is 455 g/mol. The normalized spacial score (nSPS) is 13.8. The first-order valence-corrected chi connectivity index (χ1v) is 14.6. The number of nitrogens with zero attached hydrogens (tertiary/aromatic N) is 4. The molecular weight excluding hydrogens is 432 g/mol. The molecule has 0 bridgehead atoms. The van der Waals surface area contributed by atoms with Crippen LogP contribution in [-0.2, 0) is 0 Å². The maximum atomic E-state index is 5.29. The molecule has 1 aliphatic rings. The highest BCUT2D eigenvalue weighted by Crippen LogP contribution is 2.35. The Morgan fingerprint density at radius 1 is 0.647 bits per heavy atom. The topological polar surface area (TPSA) is 43.6 Å². The maximum absolute atomic E-state index is 5.29. The second kappa shape index (κ2) is 6.95. The van der Waals surface area contributed by atoms with Gasteiger partial charge in [-0.05, 0) is 40.2 Å². The van der Waals surface area contributed by atoms with Gasteiger partial charge in [-0.25, -0.2) is 9.97 Å². The second-order valence-electron chi connectivity index (χ2n) is 9.37. The van der Waals surface area contributed by atoms with Crippen molar-refractivity contribution < 1.29 is 0 Å². The summed E-state index contributed by atoms with van der Waals surface area (Å²) in [4.78, 5) is 14.8. The monoisotopic (exact) mass is 454 g/mol. The third-order valence-electron chi connectivity index (χ3n) is 7.11. The molecular formula is C29H22N4Si. The standard InChI is InChI=1S/C29H22N4Si/c1-34(2)25-14-8-5-11-22(25)27-28(34)26(19-15-17-30-18-16-19)31-29(32-27)33-23-12-6-3-9-20(23)21-10-4-7-13-24(21)33/h3-18H,1-2H3. The van der Waals surface area contributed by atoms with Crippen molar-refractivity contribution in [3.8, 4) is 28.5 Å². The molecule has 7 rings (SSSR count). The number of para-hydroxylation sites is 2. The van der Waals surface area contributed by atoms with Crippen LogP contribution in [-0.4, -0.2) is 27.6 Å². The lowest BCUT2D eigenvalue weighted by Gasteiger charge is -2.21. The minimum atomic E-state index is -1.98. The zero-order chi connectivity index (χ0) is 22.9. The SMILES string of the molecule is C[Si]1(C)c2ccccc2-c2nc(-n3c4ccccc4c4ccccc43)nc(-c3ccncc3)c21. The summed E-state index contributed by atoms with van der Waals surface area (Å²) in [5.74, 6) is 0.712. The van der Waals surface area contributed by atoms with Crippen molar-refractivity contribution in [1.29, 1.82) is 0 Å². The number of fused-ring (bicyclic) bond motifs is 6. The van der Waals surface area contributed by atoms with Crippen LogP contribution in [0.5, 0.6) is 0 Å². The number of pyridine rings is 1. The van der Waals surface area contributed by atoms with Gasteiger partial charge in [-0.3, -0.25) is 9.55 Å². The number of rotatable bonds is 2. The van der Waals surface area contributed by atoms with Crippen LogP contribution in [0.15, 0.2) is 97.3 Å². The molecule has 0 saturated carbocycles. The van der Waals surface area contributed by atoms with Crippen molar-refractivity contribution in [2.75, 3.05) is 0 Å². The molecule has 4 heterocycles. The van der Waals surface area contributed by atoms with Gasteiger partial charge in [-0.2, -0.15) is 0 Å². The van der Waals surface area contributed by atoms with E-state index in [2.05, 4.69) is 108 Å². The summed E-state index contributed by atoms with van der Waals surface area (Å²) in [5, 5.41) is 5.16. The predicted octanol–water partition coefficient (Wildman–Crippen LogP) is 5.44. The molecule has 0 aliphatic carbocycles. The summed E-state index contributed by atoms with van der Waals surface area (Å²) < 4.78 is 2.21. The Hall–Kier alpha value is -4.09. The van der Waals surface area contributed by atoms with E-state index in [1.54, 1.807) is 0 Å². The third-order valence-corrected chi connectivity index (χ3v) is 10.6. The molecule has 0 fully saturated rings. The van der Waals surface area contributed by atoms with Crippen LogP contribution in [0.2, 0.25) is 13.1 Å². The third kappa shape index (κ3) is 2.56. The van der Waals surface area contributed by atoms with Gasteiger partial charge in [0.05, 0.1) is 22.4 Å². The Balaban J connectivity index is 1.64. The van der Waals surface area contributed by atoms with Gasteiger partial charge in [-0.1, -0.05) is 73.8 Å². The van der Waals surface area contributed by atoms with Gasteiger partial charge < -0.3 is 0 Å². The van der Waals surface area contributed by atoms with Crippen molar-refractivity contribution in [2.45, 2.75) is 13.1 Å². The lowest BCUT2D eigenvalue weighted by Crippen LogP contribution is -2.50. The molecule has 0 spiro atoms. The molecule has 0 N–H and O–H groups in total. The van der Waals surface area contributed by atoms with Crippen molar-refractivity contribution in [2.24, 2.45) is 0 Å². The van der Waals surface area contributed by atoms with E-state index in [1.165, 1.54) is 26.7 Å². The summed E-state index contributed by atoms with van der Waals surface area (Å²) in [5.41, 5.74) is 6.67. The highest BCUT2D eigenvalue weighted by atomic mass is 28.3. The molecule has 0 saturated heterocycles. The summed E-state index contributed by atoms with van der Waals surface area (Å²) in [6, 6.07) is 29.9. The molecule has 5 heteroatoms. The van der Waals surface area contributed by atoms with Crippen LogP contribution in [0.3, 0.4) is 0 Å². The lowest BCUT2D eigenvalue weighted by molar-refractivity contribution is 1.00. The first kappa shape index (κ1) is 19.4. The van der Waals surface area contributed by atoms with E-state index in [9.17, 15) is 0 Å². The largest absolute Gasteiger partial charge is 0.278 e. The van der Waals surface area contributed by atoms with Gasteiger partial charge in [0.2, 0.25) is 5.95 Å². The Bertz CT molecular complexity index is 1680. The van der Waals surface area contributed by atoms with E-state index in [0.717, 1.165) is 28.0 Å². The highest BCUT2D eigenvalue weighted by Gasteiger charge is 2.41. The Labute approximate surface area is 198 Å². The average Bonchev–Trinajstić information content (AvgIpc) is 3.34. The van der Waals surface area contributed by atoms with Crippen LogP contribution in [0.1, 0.15) is 0 Å². The van der Waals surface area contributed by atoms with Crippen LogP contribution >= 0.6 is 0 Å². The molecule has 0 unspecified atom stereocenters. The lowest BCUT2D eigenvalue weighted by atomic mass is 10.1. The van der Waals surface area contributed by atoms with Gasteiger partial charge in [-0.15, -0.1) is 0 Å².